The van der Waals surface area contributed by atoms with Gasteiger partial charge in [-0.2, -0.15) is 10.2 Å². The first kappa shape index (κ1) is 11.3. The van der Waals surface area contributed by atoms with E-state index in [1.807, 2.05) is 16.7 Å². The molecule has 0 radical (unpaired) electrons. The maximum Gasteiger partial charge on any atom is 0.335 e. The third-order valence-electron chi connectivity index (χ3n) is 2.83. The summed E-state index contributed by atoms with van der Waals surface area (Å²) in [7, 11) is 0. The van der Waals surface area contributed by atoms with Gasteiger partial charge in [-0.1, -0.05) is 0 Å². The molecule has 6 nitrogen and oxygen atoms in total. The summed E-state index contributed by atoms with van der Waals surface area (Å²) in [6.07, 6.45) is 3.29. The summed E-state index contributed by atoms with van der Waals surface area (Å²) in [6, 6.07) is 8.58. The first-order valence-electron chi connectivity index (χ1n) is 5.69. The van der Waals surface area contributed by atoms with Gasteiger partial charge in [-0.3, -0.25) is 0 Å². The number of imidazole rings is 1. The van der Waals surface area contributed by atoms with E-state index in [4.69, 9.17) is 5.11 Å². The second-order valence-corrected chi connectivity index (χ2v) is 4.10. The average Bonchev–Trinajstić information content (AvgIpc) is 2.82. The Morgan fingerprint density at radius 2 is 2.21 bits per heavy atom. The normalized spacial score (nSPS) is 10.7. The fourth-order valence-corrected chi connectivity index (χ4v) is 1.92. The number of hydrogen-bond donors (Lipinski definition) is 1. The van der Waals surface area contributed by atoms with Crippen molar-refractivity contribution in [2.45, 2.75) is 6.54 Å². The van der Waals surface area contributed by atoms with Crippen molar-refractivity contribution in [2.24, 2.45) is 0 Å². The predicted molar refractivity (Wildman–Crippen MR) is 67.8 cm³/mol. The number of benzene rings is 1. The van der Waals surface area contributed by atoms with E-state index in [2.05, 4.69) is 15.2 Å². The van der Waals surface area contributed by atoms with Gasteiger partial charge in [0.2, 0.25) is 0 Å². The highest BCUT2D eigenvalue weighted by molar-refractivity contribution is 5.92. The molecule has 0 fully saturated rings. The Labute approximate surface area is 108 Å². The van der Waals surface area contributed by atoms with Crippen LogP contribution < -0.4 is 0 Å². The highest BCUT2D eigenvalue weighted by Crippen LogP contribution is 2.16. The molecule has 0 aliphatic carbocycles. The van der Waals surface area contributed by atoms with Crippen molar-refractivity contribution in [2.75, 3.05) is 0 Å². The van der Waals surface area contributed by atoms with Crippen LogP contribution in [0.25, 0.3) is 11.0 Å². The second-order valence-electron chi connectivity index (χ2n) is 4.10. The van der Waals surface area contributed by atoms with Crippen molar-refractivity contribution in [3.05, 3.63) is 54.1 Å². The van der Waals surface area contributed by atoms with Crippen LogP contribution in [0, 0.1) is 0 Å². The summed E-state index contributed by atoms with van der Waals surface area (Å²) >= 11 is 0. The van der Waals surface area contributed by atoms with E-state index in [9.17, 15) is 4.79 Å². The minimum atomic E-state index is -0.953. The molecule has 0 saturated carbocycles. The van der Waals surface area contributed by atoms with Crippen LogP contribution in [0.5, 0.6) is 0 Å². The third-order valence-corrected chi connectivity index (χ3v) is 2.83. The topological polar surface area (TPSA) is 80.9 Å². The summed E-state index contributed by atoms with van der Waals surface area (Å²) in [5, 5.41) is 16.8. The van der Waals surface area contributed by atoms with E-state index < -0.39 is 5.97 Å². The first-order valence-corrected chi connectivity index (χ1v) is 5.69. The van der Waals surface area contributed by atoms with Crippen molar-refractivity contribution >= 4 is 17.0 Å². The molecule has 0 bridgehead atoms. The van der Waals surface area contributed by atoms with E-state index in [1.165, 1.54) is 0 Å². The van der Waals surface area contributed by atoms with Gasteiger partial charge in [0.1, 0.15) is 0 Å². The maximum atomic E-state index is 10.9. The Hall–Kier alpha value is -2.76. The Kier molecular flexibility index (Phi) is 2.68. The van der Waals surface area contributed by atoms with Gasteiger partial charge in [0, 0.05) is 6.20 Å². The van der Waals surface area contributed by atoms with Gasteiger partial charge in [0.05, 0.1) is 35.2 Å². The zero-order valence-electron chi connectivity index (χ0n) is 9.89. The molecule has 19 heavy (non-hydrogen) atoms. The molecule has 1 N–H and O–H groups in total. The van der Waals surface area contributed by atoms with Crippen LogP contribution in [0.2, 0.25) is 0 Å². The lowest BCUT2D eigenvalue weighted by Gasteiger charge is -2.03. The molecule has 1 aromatic carbocycles. The highest BCUT2D eigenvalue weighted by Gasteiger charge is 2.08. The molecular formula is C13H10N4O2. The molecule has 0 unspecified atom stereocenters. The summed E-state index contributed by atoms with van der Waals surface area (Å²) in [6.45, 7) is 0.552. The molecule has 94 valence electrons. The first-order chi connectivity index (χ1) is 9.24. The molecular weight excluding hydrogens is 244 g/mol. The third kappa shape index (κ3) is 2.15. The molecule has 3 rings (SSSR count). The summed E-state index contributed by atoms with van der Waals surface area (Å²) in [5.41, 5.74) is 2.58. The molecule has 0 saturated heterocycles. The number of fused-ring (bicyclic) bond motifs is 1. The molecule has 0 aliphatic rings. The quantitative estimate of drug-likeness (QED) is 0.767. The number of carboxylic acid groups (broad SMARTS) is 1. The lowest BCUT2D eigenvalue weighted by atomic mass is 10.2. The molecule has 3 aromatic rings. The zero-order chi connectivity index (χ0) is 13.2. The van der Waals surface area contributed by atoms with Gasteiger partial charge in [-0.15, -0.1) is 0 Å². The number of aromatic carboxylic acids is 1. The summed E-state index contributed by atoms with van der Waals surface area (Å²) < 4.78 is 1.91. The Balaban J connectivity index is 1.99. The average molecular weight is 254 g/mol. The number of hydrogen-bond acceptors (Lipinski definition) is 4. The molecule has 0 amide bonds. The van der Waals surface area contributed by atoms with Crippen LogP contribution in [0.15, 0.2) is 42.9 Å². The van der Waals surface area contributed by atoms with E-state index in [-0.39, 0.29) is 5.56 Å². The zero-order valence-corrected chi connectivity index (χ0v) is 9.89. The monoisotopic (exact) mass is 254 g/mol. The van der Waals surface area contributed by atoms with Crippen molar-refractivity contribution in [1.82, 2.24) is 19.7 Å². The van der Waals surface area contributed by atoms with Gasteiger partial charge in [0.15, 0.2) is 0 Å². The van der Waals surface area contributed by atoms with Gasteiger partial charge in [-0.25, -0.2) is 9.78 Å². The SMILES string of the molecule is O=C(O)c1ccc2c(c1)ncn2Cc1cccnn1. The van der Waals surface area contributed by atoms with E-state index in [1.54, 1.807) is 30.7 Å². The van der Waals surface area contributed by atoms with Crippen molar-refractivity contribution < 1.29 is 9.90 Å². The lowest BCUT2D eigenvalue weighted by Crippen LogP contribution is -2.01. The van der Waals surface area contributed by atoms with E-state index in [0.717, 1.165) is 11.2 Å². The number of carboxylic acids is 1. The van der Waals surface area contributed by atoms with Gasteiger partial charge in [-0.05, 0) is 30.3 Å². The minimum absolute atomic E-state index is 0.234. The van der Waals surface area contributed by atoms with Gasteiger partial charge >= 0.3 is 5.97 Å². The van der Waals surface area contributed by atoms with Crippen molar-refractivity contribution in [3.63, 3.8) is 0 Å². The Morgan fingerprint density at radius 1 is 1.32 bits per heavy atom. The number of aromatic nitrogens is 4. The van der Waals surface area contributed by atoms with Crippen LogP contribution in [0.3, 0.4) is 0 Å². The Morgan fingerprint density at radius 3 is 2.95 bits per heavy atom. The standard InChI is InChI=1S/C13H10N4O2/c18-13(19)9-3-4-12-11(6-9)14-8-17(12)7-10-2-1-5-15-16-10/h1-6,8H,7H2,(H,18,19). The van der Waals surface area contributed by atoms with Crippen LogP contribution >= 0.6 is 0 Å². The fourth-order valence-electron chi connectivity index (χ4n) is 1.92. The highest BCUT2D eigenvalue weighted by atomic mass is 16.4. The Bertz CT molecular complexity index is 737. The summed E-state index contributed by atoms with van der Waals surface area (Å²) in [5.74, 6) is -0.953. The summed E-state index contributed by atoms with van der Waals surface area (Å²) in [4.78, 5) is 15.1. The number of nitrogens with zero attached hydrogens (tertiary/aromatic N) is 4. The van der Waals surface area contributed by atoms with Gasteiger partial charge in [0.25, 0.3) is 0 Å². The van der Waals surface area contributed by atoms with Crippen molar-refractivity contribution in [1.29, 1.82) is 0 Å². The predicted octanol–water partition coefficient (Wildman–Crippen LogP) is 1.57. The smallest absolute Gasteiger partial charge is 0.335 e. The number of rotatable bonds is 3. The fraction of sp³-hybridized carbons (Fsp3) is 0.0769. The number of carbonyl (C=O) groups is 1. The van der Waals surface area contributed by atoms with E-state index in [0.29, 0.717) is 12.1 Å². The molecule has 2 heterocycles. The van der Waals surface area contributed by atoms with Crippen molar-refractivity contribution in [3.8, 4) is 0 Å². The van der Waals surface area contributed by atoms with Crippen LogP contribution in [-0.2, 0) is 6.54 Å². The van der Waals surface area contributed by atoms with Gasteiger partial charge < -0.3 is 9.67 Å². The van der Waals surface area contributed by atoms with Crippen LogP contribution in [-0.4, -0.2) is 30.8 Å². The van der Waals surface area contributed by atoms with Crippen LogP contribution in [0.4, 0.5) is 0 Å². The van der Waals surface area contributed by atoms with E-state index >= 15 is 0 Å². The molecule has 0 aliphatic heterocycles. The second kappa shape index (κ2) is 4.49. The maximum absolute atomic E-state index is 10.9. The molecule has 6 heteroatoms. The minimum Gasteiger partial charge on any atom is -0.478 e. The molecule has 2 aromatic heterocycles. The largest absolute Gasteiger partial charge is 0.478 e. The molecule has 0 atom stereocenters. The lowest BCUT2D eigenvalue weighted by molar-refractivity contribution is 0.0697. The van der Waals surface area contributed by atoms with Crippen LogP contribution in [0.1, 0.15) is 16.1 Å². The molecule has 0 spiro atoms.